The third kappa shape index (κ3) is 4.61. The minimum absolute atomic E-state index is 0.0233. The van der Waals surface area contributed by atoms with Gasteiger partial charge in [0.25, 0.3) is 5.91 Å². The van der Waals surface area contributed by atoms with Crippen molar-refractivity contribution in [1.29, 1.82) is 0 Å². The third-order valence-electron chi connectivity index (χ3n) is 7.43. The van der Waals surface area contributed by atoms with Gasteiger partial charge in [-0.1, -0.05) is 36.4 Å². The van der Waals surface area contributed by atoms with Crippen molar-refractivity contribution in [3.8, 4) is 0 Å². The molecule has 0 saturated carbocycles. The summed E-state index contributed by atoms with van der Waals surface area (Å²) in [5.41, 5.74) is 6.17. The predicted molar refractivity (Wildman–Crippen MR) is 135 cm³/mol. The molecule has 184 valence electrons. The van der Waals surface area contributed by atoms with Gasteiger partial charge in [0.05, 0.1) is 44.4 Å². The zero-order valence-electron chi connectivity index (χ0n) is 20.2. The summed E-state index contributed by atoms with van der Waals surface area (Å²) in [6, 6.07) is 14.7. The van der Waals surface area contributed by atoms with Gasteiger partial charge in [0.15, 0.2) is 0 Å². The van der Waals surface area contributed by atoms with Crippen molar-refractivity contribution in [1.82, 2.24) is 9.80 Å². The van der Waals surface area contributed by atoms with E-state index >= 15 is 0 Å². The van der Waals surface area contributed by atoms with Gasteiger partial charge in [0, 0.05) is 42.9 Å². The van der Waals surface area contributed by atoms with Crippen LogP contribution in [0, 0.1) is 0 Å². The minimum atomic E-state index is 0.0233. The van der Waals surface area contributed by atoms with Crippen molar-refractivity contribution >= 4 is 22.9 Å². The fourth-order valence-corrected chi connectivity index (χ4v) is 5.49. The average Bonchev–Trinajstić information content (AvgIpc) is 3.43. The number of para-hydroxylation sites is 1. The second-order valence-electron chi connectivity index (χ2n) is 9.66. The maximum atomic E-state index is 13.7. The highest BCUT2D eigenvalue weighted by Crippen LogP contribution is 2.44. The highest BCUT2D eigenvalue weighted by Gasteiger charge is 2.38. The highest BCUT2D eigenvalue weighted by atomic mass is 16.5. The number of morpholine rings is 2. The topological polar surface area (TPSA) is 54.5 Å². The average molecular weight is 476 g/mol. The van der Waals surface area contributed by atoms with Crippen molar-refractivity contribution in [2.75, 3.05) is 70.7 Å². The van der Waals surface area contributed by atoms with E-state index in [0.717, 1.165) is 81.4 Å². The van der Waals surface area contributed by atoms with Crippen LogP contribution in [0.4, 0.5) is 5.69 Å². The molecule has 2 fully saturated rings. The lowest BCUT2D eigenvalue weighted by atomic mass is 9.98. The van der Waals surface area contributed by atoms with Gasteiger partial charge in [0.1, 0.15) is 12.4 Å². The van der Waals surface area contributed by atoms with Crippen LogP contribution in [0.5, 0.6) is 0 Å². The van der Waals surface area contributed by atoms with E-state index in [-0.39, 0.29) is 5.91 Å². The van der Waals surface area contributed by atoms with Gasteiger partial charge in [-0.05, 0) is 31.0 Å². The number of nitrogens with zero attached hydrogens (tertiary/aromatic N) is 3. The molecule has 1 amide bonds. The monoisotopic (exact) mass is 475 g/mol. The summed E-state index contributed by atoms with van der Waals surface area (Å²) < 4.78 is 17.1. The summed E-state index contributed by atoms with van der Waals surface area (Å²) in [6.07, 6.45) is 2.18. The van der Waals surface area contributed by atoms with Gasteiger partial charge in [-0.25, -0.2) is 0 Å². The Labute approximate surface area is 206 Å². The fourth-order valence-electron chi connectivity index (χ4n) is 5.49. The lowest BCUT2D eigenvalue weighted by Crippen LogP contribution is -2.45. The number of hydrogen-bond donors (Lipinski definition) is 0. The fraction of sp³-hybridized carbons (Fsp3) is 0.464. The maximum Gasteiger partial charge on any atom is 0.263 e. The first-order valence-corrected chi connectivity index (χ1v) is 12.8. The van der Waals surface area contributed by atoms with E-state index in [2.05, 4.69) is 28.0 Å². The second-order valence-corrected chi connectivity index (χ2v) is 9.66. The summed E-state index contributed by atoms with van der Waals surface area (Å²) in [5.74, 6) is 0.747. The highest BCUT2D eigenvalue weighted by molar-refractivity contribution is 6.37. The molecule has 0 aromatic heterocycles. The van der Waals surface area contributed by atoms with Gasteiger partial charge in [-0.3, -0.25) is 19.5 Å². The number of benzene rings is 2. The molecular formula is C28H33N3O4. The molecule has 0 bridgehead atoms. The van der Waals surface area contributed by atoms with Crippen molar-refractivity contribution in [2.24, 2.45) is 0 Å². The third-order valence-corrected chi connectivity index (χ3v) is 7.43. The van der Waals surface area contributed by atoms with Crippen molar-refractivity contribution in [3.05, 3.63) is 64.7 Å². The molecule has 0 aliphatic carbocycles. The Balaban J connectivity index is 1.22. The van der Waals surface area contributed by atoms with Crippen molar-refractivity contribution in [2.45, 2.75) is 19.4 Å². The number of aryl methyl sites for hydroxylation is 1. The molecule has 4 aliphatic rings. The molecule has 4 aliphatic heterocycles. The SMILES string of the molecule is O=C1/C(=C2/OCc3cc(CCCN4CCOCC4)ccc32)c2ccccc2N1CN1CCOCC1. The summed E-state index contributed by atoms with van der Waals surface area (Å²) in [6.45, 7) is 9.06. The van der Waals surface area contributed by atoms with Crippen molar-refractivity contribution < 1.29 is 19.0 Å². The lowest BCUT2D eigenvalue weighted by Gasteiger charge is -2.30. The Morgan fingerprint density at radius 3 is 2.37 bits per heavy atom. The van der Waals surface area contributed by atoms with Crippen LogP contribution in [-0.4, -0.2) is 81.5 Å². The molecule has 0 spiro atoms. The maximum absolute atomic E-state index is 13.7. The summed E-state index contributed by atoms with van der Waals surface area (Å²) in [7, 11) is 0. The quantitative estimate of drug-likeness (QED) is 0.599. The van der Waals surface area contributed by atoms with E-state index in [1.165, 1.54) is 11.1 Å². The smallest absolute Gasteiger partial charge is 0.263 e. The number of carbonyl (C=O) groups is 1. The summed E-state index contributed by atoms with van der Waals surface area (Å²) in [5, 5.41) is 0. The molecule has 4 heterocycles. The molecule has 0 atom stereocenters. The van der Waals surface area contributed by atoms with E-state index in [4.69, 9.17) is 14.2 Å². The van der Waals surface area contributed by atoms with Crippen LogP contribution in [0.25, 0.3) is 11.3 Å². The van der Waals surface area contributed by atoms with Crippen LogP contribution < -0.4 is 4.90 Å². The number of ether oxygens (including phenoxy) is 3. The number of hydrogen-bond acceptors (Lipinski definition) is 6. The van der Waals surface area contributed by atoms with Crippen LogP contribution in [0.15, 0.2) is 42.5 Å². The molecule has 0 unspecified atom stereocenters. The number of rotatable bonds is 6. The molecule has 7 heteroatoms. The largest absolute Gasteiger partial charge is 0.487 e. The molecule has 2 saturated heterocycles. The van der Waals surface area contributed by atoms with Gasteiger partial charge < -0.3 is 14.2 Å². The van der Waals surface area contributed by atoms with Gasteiger partial charge in [-0.15, -0.1) is 0 Å². The van der Waals surface area contributed by atoms with Crippen molar-refractivity contribution in [3.63, 3.8) is 0 Å². The number of amides is 1. The van der Waals surface area contributed by atoms with E-state index in [0.29, 0.717) is 32.1 Å². The first kappa shape index (κ1) is 22.7. The van der Waals surface area contributed by atoms with Crippen LogP contribution in [-0.2, 0) is 32.0 Å². The van der Waals surface area contributed by atoms with E-state index in [1.54, 1.807) is 0 Å². The first-order chi connectivity index (χ1) is 17.3. The molecule has 2 aromatic rings. The predicted octanol–water partition coefficient (Wildman–Crippen LogP) is 2.99. The molecule has 35 heavy (non-hydrogen) atoms. The first-order valence-electron chi connectivity index (χ1n) is 12.8. The molecule has 2 aromatic carbocycles. The van der Waals surface area contributed by atoms with Crippen LogP contribution >= 0.6 is 0 Å². The number of anilines is 1. The van der Waals surface area contributed by atoms with E-state index in [9.17, 15) is 4.79 Å². The second kappa shape index (κ2) is 10.1. The summed E-state index contributed by atoms with van der Waals surface area (Å²) >= 11 is 0. The van der Waals surface area contributed by atoms with Crippen LogP contribution in [0.3, 0.4) is 0 Å². The minimum Gasteiger partial charge on any atom is -0.487 e. The molecule has 0 N–H and O–H groups in total. The van der Waals surface area contributed by atoms with E-state index < -0.39 is 0 Å². The van der Waals surface area contributed by atoms with E-state index in [1.807, 2.05) is 29.2 Å². The Hall–Kier alpha value is -2.71. The number of carbonyl (C=O) groups excluding carboxylic acids is 1. The van der Waals surface area contributed by atoms with Gasteiger partial charge in [-0.2, -0.15) is 0 Å². The molecule has 7 nitrogen and oxygen atoms in total. The Morgan fingerprint density at radius 2 is 1.57 bits per heavy atom. The van der Waals surface area contributed by atoms with Gasteiger partial charge >= 0.3 is 0 Å². The normalized spacial score (nSPS) is 22.9. The zero-order chi connectivity index (χ0) is 23.6. The number of fused-ring (bicyclic) bond motifs is 2. The molecule has 0 radical (unpaired) electrons. The van der Waals surface area contributed by atoms with Gasteiger partial charge in [0.2, 0.25) is 0 Å². The molecular weight excluding hydrogens is 442 g/mol. The standard InChI is InChI=1S/C28H33N3O4/c32-28-26(24-5-1-2-6-25(24)31(28)20-30-12-16-34-17-13-30)27-23-8-7-21(18-22(23)19-35-27)4-3-9-29-10-14-33-15-11-29/h1-2,5-8,18H,3-4,9-17,19-20H2/b27-26+. The van der Waals surface area contributed by atoms with Crippen LogP contribution in [0.2, 0.25) is 0 Å². The molecule has 6 rings (SSSR count). The Kier molecular flexibility index (Phi) is 6.57. The lowest BCUT2D eigenvalue weighted by molar-refractivity contribution is -0.113. The Morgan fingerprint density at radius 1 is 0.829 bits per heavy atom. The summed E-state index contributed by atoms with van der Waals surface area (Å²) in [4.78, 5) is 20.4. The zero-order valence-corrected chi connectivity index (χ0v) is 20.2. The Bertz CT molecular complexity index is 1120. The van der Waals surface area contributed by atoms with Crippen LogP contribution in [0.1, 0.15) is 28.7 Å².